The van der Waals surface area contributed by atoms with Crippen LogP contribution >= 0.6 is 0 Å². The van der Waals surface area contributed by atoms with Crippen molar-refractivity contribution in [2.24, 2.45) is 5.73 Å². The summed E-state index contributed by atoms with van der Waals surface area (Å²) in [5, 5.41) is 4.96. The van der Waals surface area contributed by atoms with E-state index in [1.807, 2.05) is 0 Å². The lowest BCUT2D eigenvalue weighted by atomic mass is 10.2. The van der Waals surface area contributed by atoms with Gasteiger partial charge in [0.1, 0.15) is 0 Å². The lowest BCUT2D eigenvalue weighted by Crippen LogP contribution is -2.43. The van der Waals surface area contributed by atoms with Crippen molar-refractivity contribution in [2.45, 2.75) is 18.9 Å². The summed E-state index contributed by atoms with van der Waals surface area (Å²) in [6.07, 6.45) is 1.15. The highest BCUT2D eigenvalue weighted by Crippen LogP contribution is 2.04. The van der Waals surface area contributed by atoms with Gasteiger partial charge < -0.3 is 16.4 Å². The van der Waals surface area contributed by atoms with Gasteiger partial charge in [-0.05, 0) is 6.42 Å². The maximum atomic E-state index is 10.7. The third-order valence-corrected chi connectivity index (χ3v) is 1.82. The molecule has 0 aromatic rings. The van der Waals surface area contributed by atoms with Crippen LogP contribution in [0.4, 0.5) is 0 Å². The molecule has 3 amide bonds. The first-order valence-electron chi connectivity index (χ1n) is 3.96. The van der Waals surface area contributed by atoms with Gasteiger partial charge in [-0.15, -0.1) is 0 Å². The van der Waals surface area contributed by atoms with Gasteiger partial charge in [0.05, 0.1) is 0 Å². The summed E-state index contributed by atoms with van der Waals surface area (Å²) >= 11 is 0. The van der Waals surface area contributed by atoms with Gasteiger partial charge in [0.2, 0.25) is 5.91 Å². The largest absolute Gasteiger partial charge is 0.361 e. The summed E-state index contributed by atoms with van der Waals surface area (Å²) in [6.45, 7) is 0.257. The summed E-state index contributed by atoms with van der Waals surface area (Å²) in [5.74, 6) is -1.86. The van der Waals surface area contributed by atoms with Crippen molar-refractivity contribution in [3.05, 3.63) is 0 Å². The molecule has 0 aromatic carbocycles. The fourth-order valence-corrected chi connectivity index (χ4v) is 1.13. The van der Waals surface area contributed by atoms with Crippen molar-refractivity contribution in [3.8, 4) is 0 Å². The summed E-state index contributed by atoms with van der Waals surface area (Å²) in [4.78, 5) is 31.7. The van der Waals surface area contributed by atoms with E-state index >= 15 is 0 Å². The number of nitrogens with two attached hydrogens (primary N) is 1. The van der Waals surface area contributed by atoms with Gasteiger partial charge in [-0.1, -0.05) is 0 Å². The summed E-state index contributed by atoms with van der Waals surface area (Å²) in [6, 6.07) is -0.0733. The minimum atomic E-state index is -1.01. The number of primary amides is 1. The van der Waals surface area contributed by atoms with Crippen molar-refractivity contribution < 1.29 is 14.4 Å². The van der Waals surface area contributed by atoms with E-state index in [1.54, 1.807) is 0 Å². The molecule has 1 aliphatic heterocycles. The van der Waals surface area contributed by atoms with Crippen LogP contribution in [0, 0.1) is 0 Å². The van der Waals surface area contributed by atoms with Crippen LogP contribution in [0.15, 0.2) is 0 Å². The second-order valence-electron chi connectivity index (χ2n) is 2.88. The van der Waals surface area contributed by atoms with Crippen LogP contribution in [-0.2, 0) is 14.4 Å². The van der Waals surface area contributed by atoms with Crippen molar-refractivity contribution in [1.82, 2.24) is 10.6 Å². The molecule has 13 heavy (non-hydrogen) atoms. The topological polar surface area (TPSA) is 101 Å². The molecule has 0 aliphatic carbocycles. The van der Waals surface area contributed by atoms with Crippen LogP contribution in [-0.4, -0.2) is 30.3 Å². The Morgan fingerprint density at radius 3 is 2.77 bits per heavy atom. The molecule has 1 heterocycles. The molecule has 0 saturated carbocycles. The lowest BCUT2D eigenvalue weighted by Gasteiger charge is -2.09. The van der Waals surface area contributed by atoms with Crippen LogP contribution in [0.25, 0.3) is 0 Å². The second-order valence-corrected chi connectivity index (χ2v) is 2.88. The zero-order chi connectivity index (χ0) is 9.84. The standard InChI is InChI=1S/C7H11N3O3/c8-6(12)7(13)9-3-4-1-2-5(11)10-4/h4H,1-3H2,(H2,8,12)(H,9,13)(H,10,11)/t4-/m0/s1. The van der Waals surface area contributed by atoms with Crippen molar-refractivity contribution in [3.63, 3.8) is 0 Å². The lowest BCUT2D eigenvalue weighted by molar-refractivity contribution is -0.137. The Morgan fingerprint density at radius 2 is 2.31 bits per heavy atom. The molecule has 0 bridgehead atoms. The van der Waals surface area contributed by atoms with E-state index < -0.39 is 11.8 Å². The van der Waals surface area contributed by atoms with Gasteiger partial charge in [-0.2, -0.15) is 0 Å². The first-order valence-corrected chi connectivity index (χ1v) is 3.96. The molecular weight excluding hydrogens is 174 g/mol. The number of carbonyl (C=O) groups is 3. The van der Waals surface area contributed by atoms with Crippen LogP contribution < -0.4 is 16.4 Å². The van der Waals surface area contributed by atoms with E-state index in [2.05, 4.69) is 10.6 Å². The molecule has 0 spiro atoms. The second kappa shape index (κ2) is 3.88. The Bertz CT molecular complexity index is 251. The smallest absolute Gasteiger partial charge is 0.309 e. The maximum Gasteiger partial charge on any atom is 0.309 e. The third kappa shape index (κ3) is 2.73. The Kier molecular flexibility index (Phi) is 2.84. The normalized spacial score (nSPS) is 20.9. The van der Waals surface area contributed by atoms with Crippen LogP contribution in [0.1, 0.15) is 12.8 Å². The zero-order valence-corrected chi connectivity index (χ0v) is 7.00. The first-order chi connectivity index (χ1) is 6.09. The number of hydrogen-bond acceptors (Lipinski definition) is 3. The highest BCUT2D eigenvalue weighted by atomic mass is 16.2. The average Bonchev–Trinajstić information content (AvgIpc) is 2.47. The molecule has 0 radical (unpaired) electrons. The molecule has 1 aliphatic rings. The van der Waals surface area contributed by atoms with Crippen molar-refractivity contribution in [1.29, 1.82) is 0 Å². The third-order valence-electron chi connectivity index (χ3n) is 1.82. The van der Waals surface area contributed by atoms with E-state index in [9.17, 15) is 14.4 Å². The predicted molar refractivity (Wildman–Crippen MR) is 43.4 cm³/mol. The Hall–Kier alpha value is -1.59. The van der Waals surface area contributed by atoms with Gasteiger partial charge in [-0.3, -0.25) is 14.4 Å². The summed E-state index contributed by atoms with van der Waals surface area (Å²) < 4.78 is 0. The highest BCUT2D eigenvalue weighted by Gasteiger charge is 2.21. The zero-order valence-electron chi connectivity index (χ0n) is 7.00. The Balaban J connectivity index is 2.23. The molecule has 6 heteroatoms. The van der Waals surface area contributed by atoms with Gasteiger partial charge in [0.25, 0.3) is 0 Å². The van der Waals surface area contributed by atoms with Gasteiger partial charge in [-0.25, -0.2) is 0 Å². The predicted octanol–water partition coefficient (Wildman–Crippen LogP) is -2.13. The minimum Gasteiger partial charge on any atom is -0.361 e. The van der Waals surface area contributed by atoms with Crippen molar-refractivity contribution in [2.75, 3.05) is 6.54 Å². The SMILES string of the molecule is NC(=O)C(=O)NC[C@@H]1CCC(=O)N1. The van der Waals surface area contributed by atoms with Gasteiger partial charge in [0, 0.05) is 19.0 Å². The monoisotopic (exact) mass is 185 g/mol. The summed E-state index contributed by atoms with van der Waals surface area (Å²) in [5.41, 5.74) is 4.71. The van der Waals surface area contributed by atoms with Crippen LogP contribution in [0.5, 0.6) is 0 Å². The molecule has 1 fully saturated rings. The molecule has 6 nitrogen and oxygen atoms in total. The number of carbonyl (C=O) groups excluding carboxylic acids is 3. The van der Waals surface area contributed by atoms with E-state index in [-0.39, 0.29) is 18.5 Å². The summed E-state index contributed by atoms with van der Waals surface area (Å²) in [7, 11) is 0. The van der Waals surface area contributed by atoms with Gasteiger partial charge in [0.15, 0.2) is 0 Å². The van der Waals surface area contributed by atoms with Crippen LogP contribution in [0.2, 0.25) is 0 Å². The Morgan fingerprint density at radius 1 is 1.62 bits per heavy atom. The molecule has 4 N–H and O–H groups in total. The molecular formula is C7H11N3O3. The number of hydrogen-bond donors (Lipinski definition) is 3. The van der Waals surface area contributed by atoms with E-state index in [0.29, 0.717) is 12.8 Å². The molecule has 0 aromatic heterocycles. The quantitative estimate of drug-likeness (QED) is 0.428. The fraction of sp³-hybridized carbons (Fsp3) is 0.571. The van der Waals surface area contributed by atoms with E-state index in [1.165, 1.54) is 0 Å². The molecule has 1 saturated heterocycles. The van der Waals surface area contributed by atoms with E-state index in [4.69, 9.17) is 5.73 Å². The average molecular weight is 185 g/mol. The molecule has 1 atom stereocenters. The Labute approximate surface area is 74.8 Å². The number of amides is 3. The van der Waals surface area contributed by atoms with E-state index in [0.717, 1.165) is 0 Å². The fourth-order valence-electron chi connectivity index (χ4n) is 1.13. The number of nitrogens with one attached hydrogen (secondary N) is 2. The van der Waals surface area contributed by atoms with Gasteiger partial charge >= 0.3 is 11.8 Å². The maximum absolute atomic E-state index is 10.7. The first kappa shape index (κ1) is 9.50. The molecule has 0 unspecified atom stereocenters. The van der Waals surface area contributed by atoms with Crippen molar-refractivity contribution >= 4 is 17.7 Å². The molecule has 72 valence electrons. The minimum absolute atomic E-state index is 0.0293. The molecule has 1 rings (SSSR count). The number of rotatable bonds is 2. The van der Waals surface area contributed by atoms with Crippen LogP contribution in [0.3, 0.4) is 0 Å². The highest BCUT2D eigenvalue weighted by molar-refractivity contribution is 6.34.